The summed E-state index contributed by atoms with van der Waals surface area (Å²) in [6.07, 6.45) is 1.27. The maximum atomic E-state index is 11.2. The Morgan fingerprint density at radius 3 is 2.68 bits per heavy atom. The molecule has 0 saturated heterocycles. The van der Waals surface area contributed by atoms with Crippen LogP contribution in [0.4, 0.5) is 5.69 Å². The quantitative estimate of drug-likeness (QED) is 0.191. The number of thiazole rings is 1. The molecule has 31 heavy (non-hydrogen) atoms. The monoisotopic (exact) mass is 496 g/mol. The van der Waals surface area contributed by atoms with Gasteiger partial charge in [-0.2, -0.15) is 5.10 Å². The standard InChI is InChI=1S/C20H15Cl3N4O3S/c1-11(2)8-24-20-26(18(10-31-20)15-4-3-13(21)6-16(15)23)25-9-12-5-14(22)7-17(19(12)28)27(29)30/h3-7,9-10,28H,1,8H2,2H3. The molecule has 3 aromatic rings. The van der Waals surface area contributed by atoms with Crippen LogP contribution in [0.5, 0.6) is 5.75 Å². The third kappa shape index (κ3) is 5.34. The van der Waals surface area contributed by atoms with E-state index in [2.05, 4.69) is 16.7 Å². The molecule has 0 spiro atoms. The van der Waals surface area contributed by atoms with Crippen LogP contribution < -0.4 is 4.80 Å². The van der Waals surface area contributed by atoms with Gasteiger partial charge < -0.3 is 5.11 Å². The molecule has 11 heteroatoms. The minimum atomic E-state index is -0.719. The molecule has 0 radical (unpaired) electrons. The van der Waals surface area contributed by atoms with Crippen LogP contribution in [-0.2, 0) is 0 Å². The number of phenolic OH excluding ortho intramolecular Hbond substituents is 1. The molecule has 0 aliphatic heterocycles. The Labute approximate surface area is 196 Å². The zero-order chi connectivity index (χ0) is 22.7. The van der Waals surface area contributed by atoms with Crippen LogP contribution in [0.1, 0.15) is 12.5 Å². The topological polar surface area (TPSA) is 93.0 Å². The Balaban J connectivity index is 2.18. The highest BCUT2D eigenvalue weighted by Gasteiger charge is 2.18. The van der Waals surface area contributed by atoms with Crippen LogP contribution in [0.3, 0.4) is 0 Å². The highest BCUT2D eigenvalue weighted by molar-refractivity contribution is 7.07. The molecule has 0 fully saturated rings. The van der Waals surface area contributed by atoms with E-state index in [1.165, 1.54) is 28.3 Å². The lowest BCUT2D eigenvalue weighted by Crippen LogP contribution is -2.13. The molecule has 3 rings (SSSR count). The Hall–Kier alpha value is -2.65. The highest BCUT2D eigenvalue weighted by atomic mass is 35.5. The first-order chi connectivity index (χ1) is 14.7. The lowest BCUT2D eigenvalue weighted by molar-refractivity contribution is -0.385. The van der Waals surface area contributed by atoms with Crippen LogP contribution in [0.2, 0.25) is 15.1 Å². The lowest BCUT2D eigenvalue weighted by atomic mass is 10.2. The average Bonchev–Trinajstić information content (AvgIpc) is 3.09. The molecular formula is C20H15Cl3N4O3S. The fraction of sp³-hybridized carbons (Fsp3) is 0.100. The van der Waals surface area contributed by atoms with Crippen molar-refractivity contribution in [2.75, 3.05) is 6.54 Å². The van der Waals surface area contributed by atoms with Crippen molar-refractivity contribution in [1.29, 1.82) is 0 Å². The van der Waals surface area contributed by atoms with Gasteiger partial charge in [-0.1, -0.05) is 47.0 Å². The fourth-order valence-corrected chi connectivity index (χ4v) is 4.12. The molecule has 160 valence electrons. The first kappa shape index (κ1) is 23.0. The third-order valence-electron chi connectivity index (χ3n) is 3.97. The summed E-state index contributed by atoms with van der Waals surface area (Å²) in [6, 6.07) is 7.51. The van der Waals surface area contributed by atoms with Crippen molar-refractivity contribution < 1.29 is 10.0 Å². The van der Waals surface area contributed by atoms with E-state index in [0.29, 0.717) is 32.6 Å². The fourth-order valence-electron chi connectivity index (χ4n) is 2.57. The number of hydrogen-bond acceptors (Lipinski definition) is 6. The van der Waals surface area contributed by atoms with Gasteiger partial charge in [0.15, 0.2) is 0 Å². The van der Waals surface area contributed by atoms with Crippen molar-refractivity contribution in [3.05, 3.63) is 83.4 Å². The zero-order valence-electron chi connectivity index (χ0n) is 16.1. The molecule has 1 aromatic heterocycles. The van der Waals surface area contributed by atoms with Gasteiger partial charge in [-0.3, -0.25) is 15.1 Å². The molecule has 0 unspecified atom stereocenters. The van der Waals surface area contributed by atoms with Gasteiger partial charge in [0.05, 0.1) is 28.4 Å². The number of aromatic nitrogens is 1. The van der Waals surface area contributed by atoms with Crippen molar-refractivity contribution in [2.24, 2.45) is 10.1 Å². The number of hydrogen-bond donors (Lipinski definition) is 1. The second-order valence-corrected chi connectivity index (χ2v) is 8.59. The molecule has 0 aliphatic carbocycles. The summed E-state index contributed by atoms with van der Waals surface area (Å²) >= 11 is 19.7. The van der Waals surface area contributed by atoms with E-state index in [9.17, 15) is 15.2 Å². The SMILES string of the molecule is C=C(C)CN=c1scc(-c2ccc(Cl)cc2Cl)n1N=Cc1cc(Cl)cc([N+](=O)[O-])c1O. The van der Waals surface area contributed by atoms with Crippen LogP contribution in [-0.4, -0.2) is 27.5 Å². The summed E-state index contributed by atoms with van der Waals surface area (Å²) in [4.78, 5) is 15.5. The highest BCUT2D eigenvalue weighted by Crippen LogP contribution is 2.33. The summed E-state index contributed by atoms with van der Waals surface area (Å²) in [6.45, 7) is 6.08. The third-order valence-corrected chi connectivity index (χ3v) is 5.59. The molecule has 1 N–H and O–H groups in total. The molecular weight excluding hydrogens is 483 g/mol. The van der Waals surface area contributed by atoms with Crippen LogP contribution in [0, 0.1) is 10.1 Å². The molecule has 2 aromatic carbocycles. The molecule has 0 bridgehead atoms. The first-order valence-corrected chi connectivity index (χ1v) is 10.7. The van der Waals surface area contributed by atoms with Gasteiger partial charge in [0.25, 0.3) is 0 Å². The van der Waals surface area contributed by atoms with Gasteiger partial charge in [-0.15, -0.1) is 11.3 Å². The summed E-state index contributed by atoms with van der Waals surface area (Å²) in [5, 5.41) is 28.6. The van der Waals surface area contributed by atoms with Gasteiger partial charge in [-0.25, -0.2) is 4.68 Å². The normalized spacial score (nSPS) is 11.9. The summed E-state index contributed by atoms with van der Waals surface area (Å²) < 4.78 is 1.52. The zero-order valence-corrected chi connectivity index (χ0v) is 19.1. The number of aromatic hydroxyl groups is 1. The van der Waals surface area contributed by atoms with Gasteiger partial charge >= 0.3 is 5.69 Å². The second-order valence-electron chi connectivity index (χ2n) is 6.48. The lowest BCUT2D eigenvalue weighted by Gasteiger charge is -2.07. The van der Waals surface area contributed by atoms with E-state index < -0.39 is 16.4 Å². The molecule has 1 heterocycles. The number of nitro benzene ring substituents is 1. The number of nitrogens with zero attached hydrogens (tertiary/aromatic N) is 4. The number of halogens is 3. The van der Waals surface area contributed by atoms with Crippen molar-refractivity contribution in [2.45, 2.75) is 6.92 Å². The minimum Gasteiger partial charge on any atom is -0.502 e. The predicted molar refractivity (Wildman–Crippen MR) is 126 cm³/mol. The van der Waals surface area contributed by atoms with Gasteiger partial charge in [0.1, 0.15) is 0 Å². The maximum absolute atomic E-state index is 11.2. The minimum absolute atomic E-state index is 0.0805. The van der Waals surface area contributed by atoms with Crippen LogP contribution >= 0.6 is 46.1 Å². The van der Waals surface area contributed by atoms with Gasteiger partial charge in [0, 0.05) is 32.6 Å². The predicted octanol–water partition coefficient (Wildman–Crippen LogP) is 6.15. The van der Waals surface area contributed by atoms with Crippen LogP contribution in [0.15, 0.2) is 58.0 Å². The van der Waals surface area contributed by atoms with E-state index in [4.69, 9.17) is 34.8 Å². The van der Waals surface area contributed by atoms with E-state index >= 15 is 0 Å². The second kappa shape index (κ2) is 9.65. The average molecular weight is 498 g/mol. The van der Waals surface area contributed by atoms with E-state index in [0.717, 1.165) is 11.6 Å². The molecule has 0 saturated carbocycles. The van der Waals surface area contributed by atoms with Gasteiger partial charge in [0.2, 0.25) is 10.6 Å². The van der Waals surface area contributed by atoms with Crippen molar-refractivity contribution in [1.82, 2.24) is 4.68 Å². The number of nitro groups is 1. The largest absolute Gasteiger partial charge is 0.502 e. The Kier molecular flexibility index (Phi) is 7.17. The molecule has 0 aliphatic rings. The summed E-state index contributed by atoms with van der Waals surface area (Å²) in [5.74, 6) is -0.541. The number of benzene rings is 2. The summed E-state index contributed by atoms with van der Waals surface area (Å²) in [5.41, 5.74) is 1.71. The Morgan fingerprint density at radius 1 is 1.29 bits per heavy atom. The van der Waals surface area contributed by atoms with E-state index in [1.54, 1.807) is 18.2 Å². The Morgan fingerprint density at radius 2 is 2.03 bits per heavy atom. The molecule has 7 nitrogen and oxygen atoms in total. The van der Waals surface area contributed by atoms with Gasteiger partial charge in [-0.05, 0) is 31.2 Å². The van der Waals surface area contributed by atoms with Crippen LogP contribution in [0.25, 0.3) is 11.3 Å². The Bertz CT molecular complexity index is 1280. The maximum Gasteiger partial charge on any atom is 0.312 e. The molecule has 0 amide bonds. The number of phenols is 1. The molecule has 0 atom stereocenters. The van der Waals surface area contributed by atoms with Crippen molar-refractivity contribution in [3.63, 3.8) is 0 Å². The van der Waals surface area contributed by atoms with E-state index in [-0.39, 0.29) is 10.6 Å². The smallest absolute Gasteiger partial charge is 0.312 e. The summed E-state index contributed by atoms with van der Waals surface area (Å²) in [7, 11) is 0. The number of rotatable bonds is 6. The van der Waals surface area contributed by atoms with Crippen molar-refractivity contribution >= 4 is 58.0 Å². The van der Waals surface area contributed by atoms with E-state index in [1.807, 2.05) is 12.3 Å². The first-order valence-electron chi connectivity index (χ1n) is 8.69. The van der Waals surface area contributed by atoms with Crippen molar-refractivity contribution in [3.8, 4) is 17.0 Å².